The van der Waals surface area contributed by atoms with Crippen LogP contribution in [0.4, 0.5) is 4.39 Å². The number of fused-ring (bicyclic) bond motifs is 2. The Morgan fingerprint density at radius 1 is 1.26 bits per heavy atom. The van der Waals surface area contributed by atoms with Crippen LogP contribution in [0, 0.1) is 17.1 Å². The van der Waals surface area contributed by atoms with Gasteiger partial charge < -0.3 is 0 Å². The highest BCUT2D eigenvalue weighted by Crippen LogP contribution is 2.41. The minimum Gasteiger partial charge on any atom is -0.207 e. The van der Waals surface area contributed by atoms with Gasteiger partial charge in [0.25, 0.3) is 0 Å². The second-order valence-electron chi connectivity index (χ2n) is 4.69. The van der Waals surface area contributed by atoms with E-state index in [2.05, 4.69) is 19.1 Å². The van der Waals surface area contributed by atoms with Crippen molar-refractivity contribution in [1.29, 1.82) is 5.26 Å². The number of halogens is 1. The van der Waals surface area contributed by atoms with Crippen molar-refractivity contribution in [3.8, 4) is 6.07 Å². The van der Waals surface area contributed by atoms with Crippen LogP contribution in [0.2, 0.25) is 0 Å². The third-order valence-corrected chi connectivity index (χ3v) is 4.78. The van der Waals surface area contributed by atoms with Crippen molar-refractivity contribution in [2.75, 3.05) is 0 Å². The molecule has 1 unspecified atom stereocenters. The molecule has 0 aromatic heterocycles. The molecule has 2 aromatic rings. The van der Waals surface area contributed by atoms with Gasteiger partial charge in [-0.2, -0.15) is 5.26 Å². The second-order valence-corrected chi connectivity index (χ2v) is 5.67. The Morgan fingerprint density at radius 2 is 2.11 bits per heavy atom. The van der Waals surface area contributed by atoms with Crippen molar-refractivity contribution < 1.29 is 4.39 Å². The first-order valence-corrected chi connectivity index (χ1v) is 7.13. The van der Waals surface area contributed by atoms with Crippen molar-refractivity contribution >= 4 is 11.8 Å². The van der Waals surface area contributed by atoms with Crippen LogP contribution in [0.25, 0.3) is 0 Å². The number of nitrogens with zero attached hydrogens (tertiary/aromatic N) is 1. The van der Waals surface area contributed by atoms with Crippen LogP contribution < -0.4 is 0 Å². The maximum atomic E-state index is 13.4. The average molecular weight is 269 g/mol. The lowest BCUT2D eigenvalue weighted by Crippen LogP contribution is -2.00. The Kier molecular flexibility index (Phi) is 3.04. The fourth-order valence-electron chi connectivity index (χ4n) is 2.58. The number of benzene rings is 2. The van der Waals surface area contributed by atoms with E-state index < -0.39 is 0 Å². The summed E-state index contributed by atoms with van der Waals surface area (Å²) in [4.78, 5) is 1.04. The third kappa shape index (κ3) is 2.02. The van der Waals surface area contributed by atoms with E-state index in [1.807, 2.05) is 18.2 Å². The maximum Gasteiger partial charge on any atom is 0.123 e. The van der Waals surface area contributed by atoms with Gasteiger partial charge in [0.2, 0.25) is 0 Å². The van der Waals surface area contributed by atoms with Gasteiger partial charge in [-0.15, -0.1) is 11.8 Å². The van der Waals surface area contributed by atoms with Crippen molar-refractivity contribution in [2.24, 2.45) is 0 Å². The largest absolute Gasteiger partial charge is 0.207 e. The average Bonchev–Trinajstić information content (AvgIpc) is 2.56. The summed E-state index contributed by atoms with van der Waals surface area (Å²) in [7, 11) is 0. The summed E-state index contributed by atoms with van der Waals surface area (Å²) in [6.07, 6.45) is 0. The number of rotatable bonds is 0. The van der Waals surface area contributed by atoms with Gasteiger partial charge >= 0.3 is 0 Å². The fourth-order valence-corrected chi connectivity index (χ4v) is 3.81. The first kappa shape index (κ1) is 12.3. The molecule has 0 bridgehead atoms. The van der Waals surface area contributed by atoms with Gasteiger partial charge in [-0.05, 0) is 34.9 Å². The maximum absolute atomic E-state index is 13.4. The third-order valence-electron chi connectivity index (χ3n) is 3.58. The highest BCUT2D eigenvalue weighted by atomic mass is 32.2. The molecular weight excluding hydrogens is 257 g/mol. The van der Waals surface area contributed by atoms with E-state index in [-0.39, 0.29) is 11.7 Å². The van der Waals surface area contributed by atoms with E-state index in [0.717, 1.165) is 21.6 Å². The van der Waals surface area contributed by atoms with Crippen LogP contribution in [0.15, 0.2) is 41.3 Å². The second kappa shape index (κ2) is 4.71. The molecule has 1 aliphatic heterocycles. The number of thioether (sulfide) groups is 1. The summed E-state index contributed by atoms with van der Waals surface area (Å²) in [6.45, 7) is 2.11. The quantitative estimate of drug-likeness (QED) is 0.705. The first-order valence-electron chi connectivity index (χ1n) is 6.15. The molecule has 1 heterocycles. The van der Waals surface area contributed by atoms with E-state index in [1.165, 1.54) is 6.07 Å². The summed E-state index contributed by atoms with van der Waals surface area (Å²) < 4.78 is 13.4. The van der Waals surface area contributed by atoms with Gasteiger partial charge in [0.1, 0.15) is 11.9 Å². The van der Waals surface area contributed by atoms with Gasteiger partial charge in [0.15, 0.2) is 0 Å². The van der Waals surface area contributed by atoms with E-state index >= 15 is 0 Å². The topological polar surface area (TPSA) is 23.8 Å². The normalized spacial score (nSPS) is 17.0. The van der Waals surface area contributed by atoms with Crippen LogP contribution in [-0.4, -0.2) is 0 Å². The van der Waals surface area contributed by atoms with E-state index in [4.69, 9.17) is 0 Å². The monoisotopic (exact) mass is 269 g/mol. The Hall–Kier alpha value is -1.79. The van der Waals surface area contributed by atoms with Gasteiger partial charge in [0, 0.05) is 16.6 Å². The number of hydrogen-bond donors (Lipinski definition) is 0. The van der Waals surface area contributed by atoms with Gasteiger partial charge in [-0.25, -0.2) is 4.39 Å². The van der Waals surface area contributed by atoms with Crippen LogP contribution in [-0.2, 0) is 5.75 Å². The Morgan fingerprint density at radius 3 is 2.89 bits per heavy atom. The molecule has 1 atom stereocenters. The Bertz CT molecular complexity index is 688. The molecule has 0 saturated heterocycles. The summed E-state index contributed by atoms with van der Waals surface area (Å²) in [5, 5.41) is 9.21. The molecule has 0 N–H and O–H groups in total. The fraction of sp³-hybridized carbons (Fsp3) is 0.188. The smallest absolute Gasteiger partial charge is 0.123 e. The molecule has 0 aliphatic carbocycles. The minimum absolute atomic E-state index is 0.189. The molecule has 3 heteroatoms. The Labute approximate surface area is 116 Å². The molecule has 94 valence electrons. The summed E-state index contributed by atoms with van der Waals surface area (Å²) in [5.41, 5.74) is 4.05. The molecule has 0 radical (unpaired) electrons. The Balaban J connectivity index is 2.20. The molecule has 0 saturated carbocycles. The predicted molar refractivity (Wildman–Crippen MR) is 74.6 cm³/mol. The molecule has 2 aromatic carbocycles. The summed E-state index contributed by atoms with van der Waals surface area (Å²) >= 11 is 1.63. The molecule has 1 aliphatic rings. The molecule has 3 rings (SSSR count). The molecule has 0 amide bonds. The minimum atomic E-state index is -0.196. The summed E-state index contributed by atoms with van der Waals surface area (Å²) in [6, 6.07) is 13.1. The van der Waals surface area contributed by atoms with Crippen molar-refractivity contribution in [3.63, 3.8) is 0 Å². The number of hydrogen-bond acceptors (Lipinski definition) is 2. The van der Waals surface area contributed by atoms with Gasteiger partial charge in [-0.3, -0.25) is 0 Å². The van der Waals surface area contributed by atoms with E-state index in [1.54, 1.807) is 17.8 Å². The van der Waals surface area contributed by atoms with Gasteiger partial charge in [0.05, 0.1) is 5.56 Å². The predicted octanol–water partition coefficient (Wildman–Crippen LogP) is 4.45. The lowest BCUT2D eigenvalue weighted by Gasteiger charge is -2.15. The van der Waals surface area contributed by atoms with Crippen LogP contribution >= 0.6 is 11.8 Å². The number of nitriles is 1. The molecule has 0 fully saturated rings. The zero-order valence-electron chi connectivity index (χ0n) is 10.5. The summed E-state index contributed by atoms with van der Waals surface area (Å²) in [5.74, 6) is 0.704. The molecule has 0 spiro atoms. The SMILES string of the molecule is CC1c2ccc(F)cc2CSc2c(C#N)cccc21. The highest BCUT2D eigenvalue weighted by molar-refractivity contribution is 7.98. The molecule has 1 nitrogen and oxygen atoms in total. The lowest BCUT2D eigenvalue weighted by atomic mass is 9.89. The zero-order valence-corrected chi connectivity index (χ0v) is 11.3. The van der Waals surface area contributed by atoms with Crippen molar-refractivity contribution in [3.05, 3.63) is 64.5 Å². The van der Waals surface area contributed by atoms with Crippen LogP contribution in [0.5, 0.6) is 0 Å². The first-order chi connectivity index (χ1) is 9.20. The lowest BCUT2D eigenvalue weighted by molar-refractivity contribution is 0.625. The molecular formula is C16H12FNS. The highest BCUT2D eigenvalue weighted by Gasteiger charge is 2.22. The van der Waals surface area contributed by atoms with Crippen molar-refractivity contribution in [1.82, 2.24) is 0 Å². The van der Waals surface area contributed by atoms with Gasteiger partial charge in [-0.1, -0.05) is 25.1 Å². The zero-order chi connectivity index (χ0) is 13.4. The molecule has 19 heavy (non-hydrogen) atoms. The van der Waals surface area contributed by atoms with E-state index in [0.29, 0.717) is 11.3 Å². The standard InChI is InChI=1S/C16H12FNS/c1-10-14-6-5-13(17)7-12(14)9-19-16-11(8-18)3-2-4-15(10)16/h2-7,10H,9H2,1H3. The van der Waals surface area contributed by atoms with E-state index in [9.17, 15) is 9.65 Å². The van der Waals surface area contributed by atoms with Crippen molar-refractivity contribution in [2.45, 2.75) is 23.5 Å². The van der Waals surface area contributed by atoms with Crippen LogP contribution in [0.3, 0.4) is 0 Å². The van der Waals surface area contributed by atoms with Crippen LogP contribution in [0.1, 0.15) is 35.1 Å².